The molecule has 1 aliphatic rings. The summed E-state index contributed by atoms with van der Waals surface area (Å²) in [6.07, 6.45) is 1.91. The molecule has 0 spiro atoms. The molecule has 0 aliphatic carbocycles. The van der Waals surface area contributed by atoms with E-state index < -0.39 is 16.0 Å². The molecule has 1 aromatic heterocycles. The fraction of sp³-hybridized carbons (Fsp3) is 0.571. The molecule has 0 radical (unpaired) electrons. The van der Waals surface area contributed by atoms with E-state index in [0.717, 1.165) is 12.6 Å². The van der Waals surface area contributed by atoms with Crippen LogP contribution in [0.25, 0.3) is 0 Å². The maximum absolute atomic E-state index is 12.5. The highest BCUT2D eigenvalue weighted by molar-refractivity contribution is 7.89. The number of aromatic nitrogens is 1. The standard InChI is InChI=1S/C14H20N2O4S/c1-14(2,3)11-6-7-16(9-11)21(19,20)12-5-4-10(8-15-12)13(17)18/h4-5,8,11H,6-7,9H2,1-3H3,(H,17,18). The molecule has 0 bridgehead atoms. The number of hydrogen-bond acceptors (Lipinski definition) is 4. The molecule has 6 nitrogen and oxygen atoms in total. The lowest BCUT2D eigenvalue weighted by Crippen LogP contribution is -2.31. The Labute approximate surface area is 124 Å². The van der Waals surface area contributed by atoms with Crippen molar-refractivity contribution in [1.82, 2.24) is 9.29 Å². The van der Waals surface area contributed by atoms with E-state index in [9.17, 15) is 13.2 Å². The first-order chi connectivity index (χ1) is 9.62. The first-order valence-corrected chi connectivity index (χ1v) is 8.26. The zero-order chi connectivity index (χ0) is 15.8. The predicted molar refractivity (Wildman–Crippen MR) is 77.5 cm³/mol. The summed E-state index contributed by atoms with van der Waals surface area (Å²) in [5.74, 6) is -0.814. The first-order valence-electron chi connectivity index (χ1n) is 6.82. The lowest BCUT2D eigenvalue weighted by Gasteiger charge is -2.26. The lowest BCUT2D eigenvalue weighted by atomic mass is 9.80. The molecule has 0 amide bonds. The second-order valence-corrected chi connectivity index (χ2v) is 8.29. The minimum atomic E-state index is -3.65. The van der Waals surface area contributed by atoms with Crippen molar-refractivity contribution in [2.45, 2.75) is 32.2 Å². The van der Waals surface area contributed by atoms with Crippen molar-refractivity contribution >= 4 is 16.0 Å². The molecule has 2 heterocycles. The molecule has 1 fully saturated rings. The molecule has 1 aliphatic heterocycles. The Morgan fingerprint density at radius 1 is 1.38 bits per heavy atom. The fourth-order valence-electron chi connectivity index (χ4n) is 2.45. The van der Waals surface area contributed by atoms with Gasteiger partial charge in [0.1, 0.15) is 0 Å². The molecule has 2 rings (SSSR count). The molecule has 7 heteroatoms. The SMILES string of the molecule is CC(C)(C)C1CCN(S(=O)(=O)c2ccc(C(=O)O)cn2)C1. The van der Waals surface area contributed by atoms with Crippen LogP contribution in [0, 0.1) is 11.3 Å². The zero-order valence-electron chi connectivity index (χ0n) is 12.4. The Morgan fingerprint density at radius 3 is 2.48 bits per heavy atom. The van der Waals surface area contributed by atoms with Crippen LogP contribution in [0.3, 0.4) is 0 Å². The van der Waals surface area contributed by atoms with Crippen LogP contribution in [0.5, 0.6) is 0 Å². The average molecular weight is 312 g/mol. The van der Waals surface area contributed by atoms with Gasteiger partial charge in [-0.05, 0) is 29.9 Å². The molecule has 0 aromatic carbocycles. The Balaban J connectivity index is 2.21. The van der Waals surface area contributed by atoms with Gasteiger partial charge in [-0.2, -0.15) is 4.31 Å². The number of hydrogen-bond donors (Lipinski definition) is 1. The fourth-order valence-corrected chi connectivity index (χ4v) is 3.86. The third kappa shape index (κ3) is 3.24. The van der Waals surface area contributed by atoms with Crippen molar-refractivity contribution < 1.29 is 18.3 Å². The van der Waals surface area contributed by atoms with Crippen molar-refractivity contribution in [3.8, 4) is 0 Å². The Kier molecular flexibility index (Phi) is 4.08. The summed E-state index contributed by atoms with van der Waals surface area (Å²) >= 11 is 0. The number of carbonyl (C=O) groups is 1. The van der Waals surface area contributed by atoms with Crippen molar-refractivity contribution in [2.24, 2.45) is 11.3 Å². The van der Waals surface area contributed by atoms with E-state index in [1.807, 2.05) is 0 Å². The van der Waals surface area contributed by atoms with Crippen molar-refractivity contribution in [3.63, 3.8) is 0 Å². The van der Waals surface area contributed by atoms with E-state index in [1.165, 1.54) is 16.4 Å². The average Bonchev–Trinajstić information content (AvgIpc) is 2.89. The Bertz CT molecular complexity index is 632. The van der Waals surface area contributed by atoms with E-state index in [0.29, 0.717) is 19.0 Å². The van der Waals surface area contributed by atoms with Gasteiger partial charge in [-0.1, -0.05) is 20.8 Å². The minimum absolute atomic E-state index is 0.0251. The van der Waals surface area contributed by atoms with Crippen molar-refractivity contribution in [2.75, 3.05) is 13.1 Å². The molecule has 1 aromatic rings. The lowest BCUT2D eigenvalue weighted by molar-refractivity contribution is 0.0696. The maximum Gasteiger partial charge on any atom is 0.337 e. The van der Waals surface area contributed by atoms with Crippen molar-refractivity contribution in [1.29, 1.82) is 0 Å². The smallest absolute Gasteiger partial charge is 0.337 e. The van der Waals surface area contributed by atoms with Gasteiger partial charge >= 0.3 is 5.97 Å². The zero-order valence-corrected chi connectivity index (χ0v) is 13.2. The quantitative estimate of drug-likeness (QED) is 0.920. The molecule has 21 heavy (non-hydrogen) atoms. The highest BCUT2D eigenvalue weighted by atomic mass is 32.2. The number of sulfonamides is 1. The Hall–Kier alpha value is -1.47. The van der Waals surface area contributed by atoms with Gasteiger partial charge in [0.2, 0.25) is 0 Å². The predicted octanol–water partition coefficient (Wildman–Crippen LogP) is 1.84. The van der Waals surface area contributed by atoms with E-state index in [-0.39, 0.29) is 16.0 Å². The number of carboxylic acids is 1. The maximum atomic E-state index is 12.5. The van der Waals surface area contributed by atoms with Crippen LogP contribution in [-0.2, 0) is 10.0 Å². The van der Waals surface area contributed by atoms with E-state index in [1.54, 1.807) is 0 Å². The normalized spacial score (nSPS) is 20.6. The summed E-state index contributed by atoms with van der Waals surface area (Å²) < 4.78 is 26.4. The third-order valence-corrected chi connectivity index (χ3v) is 5.74. The largest absolute Gasteiger partial charge is 0.478 e. The highest BCUT2D eigenvalue weighted by Crippen LogP contribution is 2.35. The highest BCUT2D eigenvalue weighted by Gasteiger charge is 2.38. The second kappa shape index (κ2) is 5.38. The molecule has 1 saturated heterocycles. The van der Waals surface area contributed by atoms with E-state index >= 15 is 0 Å². The van der Waals surface area contributed by atoms with Crippen LogP contribution in [-0.4, -0.2) is 41.9 Å². The summed E-state index contributed by atoms with van der Waals surface area (Å²) in [6, 6.07) is 2.52. The van der Waals surface area contributed by atoms with Crippen molar-refractivity contribution in [3.05, 3.63) is 23.9 Å². The van der Waals surface area contributed by atoms with Gasteiger partial charge in [-0.25, -0.2) is 18.2 Å². The van der Waals surface area contributed by atoms with Gasteiger partial charge in [0, 0.05) is 19.3 Å². The number of pyridine rings is 1. The van der Waals surface area contributed by atoms with E-state index in [4.69, 9.17) is 5.11 Å². The van der Waals surface area contributed by atoms with Crippen LogP contribution in [0.1, 0.15) is 37.6 Å². The monoisotopic (exact) mass is 312 g/mol. The van der Waals surface area contributed by atoms with Gasteiger partial charge in [0.15, 0.2) is 5.03 Å². The molecule has 116 valence electrons. The van der Waals surface area contributed by atoms with Gasteiger partial charge < -0.3 is 5.11 Å². The van der Waals surface area contributed by atoms with Gasteiger partial charge in [0.05, 0.1) is 5.56 Å². The van der Waals surface area contributed by atoms with Gasteiger partial charge in [-0.3, -0.25) is 0 Å². The van der Waals surface area contributed by atoms with Crippen LogP contribution >= 0.6 is 0 Å². The number of nitrogens with zero attached hydrogens (tertiary/aromatic N) is 2. The molecule has 1 N–H and O–H groups in total. The molecule has 1 atom stereocenters. The summed E-state index contributed by atoms with van der Waals surface area (Å²) in [7, 11) is -3.65. The number of aromatic carboxylic acids is 1. The van der Waals surface area contributed by atoms with Crippen LogP contribution < -0.4 is 0 Å². The number of rotatable bonds is 3. The molecule has 1 unspecified atom stereocenters. The van der Waals surface area contributed by atoms with Crippen LogP contribution in [0.4, 0.5) is 0 Å². The third-order valence-electron chi connectivity index (χ3n) is 3.96. The molecular formula is C14H20N2O4S. The minimum Gasteiger partial charge on any atom is -0.478 e. The molecule has 0 saturated carbocycles. The van der Waals surface area contributed by atoms with E-state index in [2.05, 4.69) is 25.8 Å². The van der Waals surface area contributed by atoms with Gasteiger partial charge in [0.25, 0.3) is 10.0 Å². The Morgan fingerprint density at radius 2 is 2.05 bits per heavy atom. The summed E-state index contributed by atoms with van der Waals surface area (Å²) in [5.41, 5.74) is 0.0353. The molecular weight excluding hydrogens is 292 g/mol. The number of carboxylic acid groups (broad SMARTS) is 1. The topological polar surface area (TPSA) is 87.6 Å². The summed E-state index contributed by atoms with van der Waals surface area (Å²) in [6.45, 7) is 7.27. The summed E-state index contributed by atoms with van der Waals surface area (Å²) in [5, 5.41) is 8.72. The van der Waals surface area contributed by atoms with Crippen LogP contribution in [0.15, 0.2) is 23.4 Å². The second-order valence-electron chi connectivity index (χ2n) is 6.40. The van der Waals surface area contributed by atoms with Gasteiger partial charge in [-0.15, -0.1) is 0 Å². The summed E-state index contributed by atoms with van der Waals surface area (Å²) in [4.78, 5) is 14.6. The van der Waals surface area contributed by atoms with Crippen LogP contribution in [0.2, 0.25) is 0 Å². The first kappa shape index (κ1) is 15.9.